The average molecular weight is 211 g/mol. The minimum absolute atomic E-state index is 0.200. The number of Topliss-reactive ketones (excluding diaryl/α,β-unsaturated/α-hetero) is 1. The van der Waals surface area contributed by atoms with Crippen LogP contribution in [0, 0.1) is 5.41 Å². The molecule has 0 amide bonds. The molecule has 3 heteroatoms. The number of carbonyl (C=O) groups is 1. The van der Waals surface area contributed by atoms with E-state index < -0.39 is 0 Å². The van der Waals surface area contributed by atoms with Gasteiger partial charge < -0.3 is 5.73 Å². The molecule has 0 aliphatic rings. The van der Waals surface area contributed by atoms with E-state index in [4.69, 9.17) is 5.73 Å². The van der Waals surface area contributed by atoms with Gasteiger partial charge >= 0.3 is 0 Å². The molecular formula is C11H17NOS. The van der Waals surface area contributed by atoms with Crippen molar-refractivity contribution in [3.8, 4) is 0 Å². The van der Waals surface area contributed by atoms with E-state index in [-0.39, 0.29) is 11.2 Å². The Balaban J connectivity index is 2.95. The highest BCUT2D eigenvalue weighted by Crippen LogP contribution is 2.30. The van der Waals surface area contributed by atoms with Crippen LogP contribution in [0.1, 0.15) is 37.0 Å². The van der Waals surface area contributed by atoms with Crippen molar-refractivity contribution in [3.05, 3.63) is 22.4 Å². The molecule has 1 heterocycles. The number of ketones is 1. The normalized spacial score (nSPS) is 11.6. The van der Waals surface area contributed by atoms with Gasteiger partial charge in [-0.15, -0.1) is 0 Å². The molecule has 1 rings (SSSR count). The second-order valence-corrected chi connectivity index (χ2v) is 4.31. The Morgan fingerprint density at radius 3 is 2.50 bits per heavy atom. The van der Waals surface area contributed by atoms with Gasteiger partial charge in [-0.05, 0) is 24.3 Å². The first-order valence-corrected chi connectivity index (χ1v) is 5.91. The average Bonchev–Trinajstić information content (AvgIpc) is 2.74. The Hall–Kier alpha value is -0.670. The Labute approximate surface area is 89.1 Å². The van der Waals surface area contributed by atoms with Crippen molar-refractivity contribution in [2.24, 2.45) is 11.1 Å². The number of hydrogen-bond donors (Lipinski definition) is 1. The minimum Gasteiger partial charge on any atom is -0.329 e. The predicted octanol–water partition coefficient (Wildman–Crippen LogP) is 2.70. The Morgan fingerprint density at radius 2 is 2.14 bits per heavy atom. The molecular weight excluding hydrogens is 194 g/mol. The van der Waals surface area contributed by atoms with Crippen molar-refractivity contribution in [1.29, 1.82) is 0 Å². The number of thiophene rings is 1. The van der Waals surface area contributed by atoms with Gasteiger partial charge in [-0.2, -0.15) is 11.3 Å². The minimum atomic E-state index is -0.346. The summed E-state index contributed by atoms with van der Waals surface area (Å²) in [6, 6.07) is 1.88. The van der Waals surface area contributed by atoms with Crippen molar-refractivity contribution in [3.63, 3.8) is 0 Å². The van der Waals surface area contributed by atoms with Crippen LogP contribution >= 0.6 is 11.3 Å². The van der Waals surface area contributed by atoms with Gasteiger partial charge in [0.25, 0.3) is 0 Å². The van der Waals surface area contributed by atoms with Gasteiger partial charge in [0.2, 0.25) is 0 Å². The molecule has 0 spiro atoms. The molecule has 0 fully saturated rings. The summed E-state index contributed by atoms with van der Waals surface area (Å²) in [4.78, 5) is 12.1. The molecule has 0 bridgehead atoms. The van der Waals surface area contributed by atoms with Crippen LogP contribution in [0.3, 0.4) is 0 Å². The molecule has 0 atom stereocenters. The van der Waals surface area contributed by atoms with Crippen molar-refractivity contribution in [2.75, 3.05) is 6.54 Å². The first-order valence-electron chi connectivity index (χ1n) is 4.97. The van der Waals surface area contributed by atoms with Crippen molar-refractivity contribution < 1.29 is 4.79 Å². The Kier molecular flexibility index (Phi) is 3.84. The zero-order chi connectivity index (χ0) is 10.6. The van der Waals surface area contributed by atoms with Crippen LogP contribution in [-0.4, -0.2) is 12.3 Å². The second kappa shape index (κ2) is 4.71. The molecule has 0 aromatic carbocycles. The van der Waals surface area contributed by atoms with Crippen LogP contribution in [-0.2, 0) is 0 Å². The maximum absolute atomic E-state index is 12.1. The first kappa shape index (κ1) is 11.4. The summed E-state index contributed by atoms with van der Waals surface area (Å²) in [5.74, 6) is 0.200. The molecule has 0 saturated heterocycles. The molecule has 2 N–H and O–H groups in total. The van der Waals surface area contributed by atoms with Crippen molar-refractivity contribution in [2.45, 2.75) is 26.7 Å². The lowest BCUT2D eigenvalue weighted by atomic mass is 9.76. The summed E-state index contributed by atoms with van der Waals surface area (Å²) >= 11 is 1.55. The van der Waals surface area contributed by atoms with E-state index in [1.165, 1.54) is 0 Å². The maximum atomic E-state index is 12.1. The molecule has 0 aliphatic carbocycles. The van der Waals surface area contributed by atoms with Crippen LogP contribution < -0.4 is 5.73 Å². The zero-order valence-electron chi connectivity index (χ0n) is 8.75. The molecule has 0 radical (unpaired) electrons. The Bertz CT molecular complexity index is 280. The molecule has 0 aliphatic heterocycles. The summed E-state index contributed by atoms with van der Waals surface area (Å²) in [6.45, 7) is 4.50. The third-order valence-corrected chi connectivity index (χ3v) is 3.69. The third kappa shape index (κ3) is 1.88. The highest BCUT2D eigenvalue weighted by atomic mass is 32.1. The maximum Gasteiger partial charge on any atom is 0.171 e. The van der Waals surface area contributed by atoms with Crippen LogP contribution in [0.4, 0.5) is 0 Å². The molecule has 78 valence electrons. The zero-order valence-corrected chi connectivity index (χ0v) is 9.56. The highest BCUT2D eigenvalue weighted by Gasteiger charge is 2.33. The fraction of sp³-hybridized carbons (Fsp3) is 0.545. The monoisotopic (exact) mass is 211 g/mol. The van der Waals surface area contributed by atoms with E-state index in [0.717, 1.165) is 18.4 Å². The molecule has 1 aromatic heterocycles. The lowest BCUT2D eigenvalue weighted by Crippen LogP contribution is -2.37. The van der Waals surface area contributed by atoms with Gasteiger partial charge in [-0.3, -0.25) is 4.79 Å². The second-order valence-electron chi connectivity index (χ2n) is 3.53. The van der Waals surface area contributed by atoms with Crippen LogP contribution in [0.25, 0.3) is 0 Å². The van der Waals surface area contributed by atoms with Gasteiger partial charge in [0.05, 0.1) is 0 Å². The number of rotatable bonds is 5. The molecule has 2 nitrogen and oxygen atoms in total. The smallest absolute Gasteiger partial charge is 0.171 e. The van der Waals surface area contributed by atoms with Crippen molar-refractivity contribution in [1.82, 2.24) is 0 Å². The van der Waals surface area contributed by atoms with Gasteiger partial charge in [-0.25, -0.2) is 0 Å². The summed E-state index contributed by atoms with van der Waals surface area (Å²) < 4.78 is 0. The van der Waals surface area contributed by atoms with Gasteiger partial charge in [-0.1, -0.05) is 13.8 Å². The molecule has 14 heavy (non-hydrogen) atoms. The lowest BCUT2D eigenvalue weighted by Gasteiger charge is -2.27. The van der Waals surface area contributed by atoms with E-state index in [9.17, 15) is 4.79 Å². The Morgan fingerprint density at radius 1 is 1.50 bits per heavy atom. The third-order valence-electron chi connectivity index (χ3n) is 3.01. The summed E-state index contributed by atoms with van der Waals surface area (Å²) in [7, 11) is 0. The molecule has 0 unspecified atom stereocenters. The number of nitrogens with two attached hydrogens (primary N) is 1. The van der Waals surface area contributed by atoms with Gasteiger partial charge in [0.15, 0.2) is 5.78 Å². The van der Waals surface area contributed by atoms with E-state index in [2.05, 4.69) is 0 Å². The summed E-state index contributed by atoms with van der Waals surface area (Å²) in [6.07, 6.45) is 1.63. The van der Waals surface area contributed by atoms with Gasteiger partial charge in [0, 0.05) is 22.9 Å². The predicted molar refractivity (Wildman–Crippen MR) is 60.7 cm³/mol. The first-order chi connectivity index (χ1) is 6.70. The van der Waals surface area contributed by atoms with Gasteiger partial charge in [0.1, 0.15) is 0 Å². The SMILES string of the molecule is CCC(CC)(CN)C(=O)c1ccsc1. The van der Waals surface area contributed by atoms with Crippen molar-refractivity contribution >= 4 is 17.1 Å². The van der Waals surface area contributed by atoms with Crippen LogP contribution in [0.2, 0.25) is 0 Å². The largest absolute Gasteiger partial charge is 0.329 e. The summed E-state index contributed by atoms with van der Waals surface area (Å²) in [5, 5.41) is 3.83. The fourth-order valence-corrected chi connectivity index (χ4v) is 2.29. The van der Waals surface area contributed by atoms with Crippen LogP contribution in [0.5, 0.6) is 0 Å². The number of hydrogen-bond acceptors (Lipinski definition) is 3. The quantitative estimate of drug-likeness (QED) is 0.761. The topological polar surface area (TPSA) is 43.1 Å². The standard InChI is InChI=1S/C11H17NOS/c1-3-11(4-2,8-12)10(13)9-5-6-14-7-9/h5-7H,3-4,8,12H2,1-2H3. The fourth-order valence-electron chi connectivity index (χ4n) is 1.65. The van der Waals surface area contributed by atoms with E-state index in [0.29, 0.717) is 6.54 Å². The lowest BCUT2D eigenvalue weighted by molar-refractivity contribution is 0.0788. The highest BCUT2D eigenvalue weighted by molar-refractivity contribution is 7.08. The number of carbonyl (C=O) groups excluding carboxylic acids is 1. The van der Waals surface area contributed by atoms with E-state index in [1.54, 1.807) is 11.3 Å². The van der Waals surface area contributed by atoms with Crippen LogP contribution in [0.15, 0.2) is 16.8 Å². The molecule has 1 aromatic rings. The van der Waals surface area contributed by atoms with E-state index >= 15 is 0 Å². The summed E-state index contributed by atoms with van der Waals surface area (Å²) in [5.41, 5.74) is 6.18. The molecule has 0 saturated carbocycles. The van der Waals surface area contributed by atoms with E-state index in [1.807, 2.05) is 30.7 Å².